The number of aromatic nitrogens is 1. The zero-order valence-electron chi connectivity index (χ0n) is 18.2. The molecule has 0 bridgehead atoms. The number of hydrogen-bond acceptors (Lipinski definition) is 10. The lowest BCUT2D eigenvalue weighted by Gasteiger charge is -2.49. The van der Waals surface area contributed by atoms with Crippen LogP contribution in [0.5, 0.6) is 0 Å². The summed E-state index contributed by atoms with van der Waals surface area (Å²) in [5, 5.41) is 4.72. The van der Waals surface area contributed by atoms with Crippen LogP contribution >= 0.6 is 23.5 Å². The van der Waals surface area contributed by atoms with Crippen LogP contribution in [0.1, 0.15) is 19.6 Å². The van der Waals surface area contributed by atoms with Gasteiger partial charge in [-0.25, -0.2) is 9.63 Å². The van der Waals surface area contributed by atoms with Gasteiger partial charge >= 0.3 is 5.97 Å². The number of hydrazine groups is 1. The Morgan fingerprint density at radius 2 is 2.12 bits per heavy atom. The zero-order valence-corrected chi connectivity index (χ0v) is 19.8. The molecule has 1 aromatic heterocycles. The Morgan fingerprint density at radius 1 is 1.35 bits per heavy atom. The van der Waals surface area contributed by atoms with Crippen molar-refractivity contribution in [1.82, 2.24) is 20.6 Å². The summed E-state index contributed by atoms with van der Waals surface area (Å²) in [6.45, 7) is 5.55. The molecular formula is C21H23N6O5S2+. The number of hydrogen-bond donors (Lipinski definition) is 2. The molecule has 13 heteroatoms. The molecule has 5 heterocycles. The van der Waals surface area contributed by atoms with Crippen LogP contribution in [-0.4, -0.2) is 55.5 Å². The Balaban J connectivity index is 1.27. The maximum absolute atomic E-state index is 13.0. The first-order valence-corrected chi connectivity index (χ1v) is 12.5. The monoisotopic (exact) mass is 503 g/mol. The van der Waals surface area contributed by atoms with Crippen LogP contribution in [0.3, 0.4) is 0 Å². The van der Waals surface area contributed by atoms with E-state index in [-0.39, 0.29) is 17.0 Å². The molecule has 0 aromatic carbocycles. The standard InChI is InChI=1S/C21H22N6O5S2/c1-3-13-10-33-16-9-15(28)25(16)17(13)20(30)31-23-19(29)18-14-11-34-21(22)26(14)27(18)32-12(2)24-7-5-4-6-8-24/h3-8,11-12,16,18,21H,1,9-10,22H2,2H3/p+1/t12?,16-,18?,21?/m0/s1. The van der Waals surface area contributed by atoms with E-state index < -0.39 is 29.6 Å². The summed E-state index contributed by atoms with van der Waals surface area (Å²) < 4.78 is 1.83. The minimum atomic E-state index is -0.867. The van der Waals surface area contributed by atoms with E-state index in [0.29, 0.717) is 23.4 Å². The van der Waals surface area contributed by atoms with Crippen molar-refractivity contribution in [2.75, 3.05) is 5.75 Å². The number of fused-ring (bicyclic) bond motifs is 2. The van der Waals surface area contributed by atoms with Gasteiger partial charge in [0, 0.05) is 24.8 Å². The summed E-state index contributed by atoms with van der Waals surface area (Å²) >= 11 is 2.90. The molecule has 2 amide bonds. The summed E-state index contributed by atoms with van der Waals surface area (Å²) in [6, 6.07) is 4.76. The summed E-state index contributed by atoms with van der Waals surface area (Å²) in [7, 11) is 0. The lowest BCUT2D eigenvalue weighted by molar-refractivity contribution is -0.776. The Bertz CT molecular complexity index is 1110. The molecule has 0 radical (unpaired) electrons. The van der Waals surface area contributed by atoms with Crippen LogP contribution in [0.25, 0.3) is 0 Å². The van der Waals surface area contributed by atoms with Gasteiger partial charge in [0.25, 0.3) is 12.1 Å². The topological polar surface area (TPSA) is 121 Å². The number of rotatable bonds is 6. The number of carbonyl (C=O) groups is 3. The molecule has 4 aliphatic heterocycles. The van der Waals surface area contributed by atoms with Crippen LogP contribution in [-0.2, 0) is 24.1 Å². The number of carbonyl (C=O) groups excluding carboxylic acids is 3. The van der Waals surface area contributed by atoms with Gasteiger partial charge < -0.3 is 10.6 Å². The van der Waals surface area contributed by atoms with Gasteiger partial charge in [-0.15, -0.1) is 11.8 Å². The van der Waals surface area contributed by atoms with Crippen LogP contribution in [0.15, 0.2) is 65.6 Å². The number of amides is 2. The fraction of sp³-hybridized carbons (Fsp3) is 0.333. The number of nitrogens with zero attached hydrogens (tertiary/aromatic N) is 4. The summed E-state index contributed by atoms with van der Waals surface area (Å²) in [5.74, 6) is -1.05. The van der Waals surface area contributed by atoms with Crippen LogP contribution < -0.4 is 15.8 Å². The third-order valence-corrected chi connectivity index (χ3v) is 7.88. The van der Waals surface area contributed by atoms with E-state index in [2.05, 4.69) is 12.1 Å². The van der Waals surface area contributed by atoms with Gasteiger partial charge in [0.15, 0.2) is 18.4 Å². The number of nitrogens with one attached hydrogen (secondary N) is 1. The van der Waals surface area contributed by atoms with E-state index in [1.54, 1.807) is 22.2 Å². The fourth-order valence-corrected chi connectivity index (χ4v) is 6.10. The highest BCUT2D eigenvalue weighted by Gasteiger charge is 2.54. The molecule has 1 aromatic rings. The quantitative estimate of drug-likeness (QED) is 0.322. The van der Waals surface area contributed by atoms with Gasteiger partial charge in [-0.05, 0) is 11.0 Å². The SMILES string of the molecule is C=CC1=C(C(=O)ONC(=O)C2C3=CSC(N)N3N2OC(C)[n+]2ccccc2)N2C(=O)C[C@@H]2SC1. The third kappa shape index (κ3) is 3.79. The van der Waals surface area contributed by atoms with Crippen molar-refractivity contribution in [3.8, 4) is 0 Å². The average Bonchev–Trinajstić information content (AvgIpc) is 3.15. The maximum Gasteiger partial charge on any atom is 0.379 e. The molecular weight excluding hydrogens is 480 g/mol. The molecule has 0 spiro atoms. The van der Waals surface area contributed by atoms with Gasteiger partial charge in [-0.2, -0.15) is 10.0 Å². The molecule has 2 fully saturated rings. The molecule has 4 atom stereocenters. The van der Waals surface area contributed by atoms with Crippen molar-refractivity contribution in [1.29, 1.82) is 0 Å². The van der Waals surface area contributed by atoms with Crippen LogP contribution in [0.2, 0.25) is 0 Å². The molecule has 178 valence electrons. The second kappa shape index (κ2) is 9.07. The molecule has 3 N–H and O–H groups in total. The van der Waals surface area contributed by atoms with Crippen LogP contribution in [0, 0.1) is 0 Å². The van der Waals surface area contributed by atoms with Gasteiger partial charge in [0.1, 0.15) is 11.2 Å². The van der Waals surface area contributed by atoms with E-state index in [0.717, 1.165) is 0 Å². The Labute approximate surface area is 204 Å². The van der Waals surface area contributed by atoms with E-state index in [1.165, 1.54) is 27.9 Å². The highest BCUT2D eigenvalue weighted by molar-refractivity contribution is 8.02. The van der Waals surface area contributed by atoms with Crippen molar-refractivity contribution in [3.05, 3.63) is 65.6 Å². The van der Waals surface area contributed by atoms with Crippen molar-refractivity contribution in [3.63, 3.8) is 0 Å². The highest BCUT2D eigenvalue weighted by Crippen LogP contribution is 2.43. The molecule has 11 nitrogen and oxygen atoms in total. The second-order valence-corrected chi connectivity index (χ2v) is 9.97. The smallest absolute Gasteiger partial charge is 0.334 e. The van der Waals surface area contributed by atoms with Crippen LogP contribution in [0.4, 0.5) is 0 Å². The third-order valence-electron chi connectivity index (χ3n) is 5.78. The van der Waals surface area contributed by atoms with E-state index in [1.807, 2.05) is 42.1 Å². The molecule has 5 rings (SSSR count). The molecule has 0 saturated carbocycles. The molecule has 2 saturated heterocycles. The summed E-state index contributed by atoms with van der Waals surface area (Å²) in [4.78, 5) is 50.4. The Kier molecular flexibility index (Phi) is 6.12. The van der Waals surface area contributed by atoms with E-state index in [4.69, 9.17) is 15.4 Å². The van der Waals surface area contributed by atoms with Crippen molar-refractivity contribution < 1.29 is 28.6 Å². The first-order chi connectivity index (χ1) is 16.4. The normalized spacial score (nSPS) is 26.6. The van der Waals surface area contributed by atoms with Crippen molar-refractivity contribution in [2.45, 2.75) is 36.5 Å². The zero-order chi connectivity index (χ0) is 24.0. The van der Waals surface area contributed by atoms with Gasteiger partial charge in [-0.3, -0.25) is 19.5 Å². The largest absolute Gasteiger partial charge is 0.379 e. The molecule has 34 heavy (non-hydrogen) atoms. The van der Waals surface area contributed by atoms with Gasteiger partial charge in [-0.1, -0.05) is 35.7 Å². The number of hydroxylamine groups is 2. The first-order valence-electron chi connectivity index (χ1n) is 10.5. The lowest BCUT2D eigenvalue weighted by atomic mass is 10.1. The average molecular weight is 504 g/mol. The Morgan fingerprint density at radius 3 is 2.82 bits per heavy atom. The number of allylic oxidation sites excluding steroid dienone is 1. The molecule has 3 unspecified atom stereocenters. The number of β-lactam (4-membered cyclic amide) rings is 1. The predicted molar refractivity (Wildman–Crippen MR) is 123 cm³/mol. The molecule has 4 aliphatic rings. The number of nitrogens with two attached hydrogens (primary N) is 1. The number of thioether (sulfide) groups is 2. The maximum atomic E-state index is 13.0. The van der Waals surface area contributed by atoms with E-state index >= 15 is 0 Å². The van der Waals surface area contributed by atoms with Crippen molar-refractivity contribution >= 4 is 41.3 Å². The summed E-state index contributed by atoms with van der Waals surface area (Å²) in [5.41, 5.74) is 9.24. The van der Waals surface area contributed by atoms with E-state index in [9.17, 15) is 14.4 Å². The lowest BCUT2D eigenvalue weighted by Crippen LogP contribution is -2.69. The highest BCUT2D eigenvalue weighted by atomic mass is 32.2. The summed E-state index contributed by atoms with van der Waals surface area (Å²) in [6.07, 6.45) is 5.14. The first kappa shape index (κ1) is 22.9. The Hall–Kier alpha value is -2.84. The second-order valence-electron chi connectivity index (χ2n) is 7.81. The minimum Gasteiger partial charge on any atom is -0.334 e. The predicted octanol–water partition coefficient (Wildman–Crippen LogP) is 0.476. The van der Waals surface area contributed by atoms with Gasteiger partial charge in [0.2, 0.25) is 5.91 Å². The number of pyridine rings is 1. The van der Waals surface area contributed by atoms with Crippen molar-refractivity contribution in [2.24, 2.45) is 5.73 Å². The minimum absolute atomic E-state index is 0.0994. The molecule has 0 aliphatic carbocycles. The fourth-order valence-electron chi connectivity index (χ4n) is 3.99. The van der Waals surface area contributed by atoms with Gasteiger partial charge in [0.05, 0.1) is 17.5 Å².